The van der Waals surface area contributed by atoms with Crippen LogP contribution in [0.25, 0.3) is 0 Å². The largest absolute Gasteiger partial charge is 0.332 e. The standard InChI is InChI=1S/C11H10N2O2S/c14-9-10-12(6-7-16-10)11(15)13(9)8-4-2-1-3-5-8/h1-5,10H,6-7H2. The summed E-state index contributed by atoms with van der Waals surface area (Å²) in [4.78, 5) is 27.0. The van der Waals surface area contributed by atoms with Gasteiger partial charge in [0.2, 0.25) is 0 Å². The summed E-state index contributed by atoms with van der Waals surface area (Å²) in [7, 11) is 0. The van der Waals surface area contributed by atoms with Crippen molar-refractivity contribution in [2.45, 2.75) is 5.37 Å². The maximum absolute atomic E-state index is 12.0. The van der Waals surface area contributed by atoms with E-state index in [9.17, 15) is 9.59 Å². The molecular weight excluding hydrogens is 224 g/mol. The van der Waals surface area contributed by atoms with E-state index in [1.54, 1.807) is 17.0 Å². The number of carbonyl (C=O) groups is 2. The number of anilines is 1. The lowest BCUT2D eigenvalue weighted by Crippen LogP contribution is -2.33. The van der Waals surface area contributed by atoms with E-state index in [0.717, 1.165) is 5.75 Å². The van der Waals surface area contributed by atoms with Gasteiger partial charge >= 0.3 is 6.03 Å². The Hall–Kier alpha value is -1.49. The topological polar surface area (TPSA) is 40.6 Å². The molecule has 1 aromatic rings. The molecule has 0 radical (unpaired) electrons. The molecule has 5 heteroatoms. The van der Waals surface area contributed by atoms with Gasteiger partial charge in [0.25, 0.3) is 5.91 Å². The molecular formula is C11H10N2O2S. The second-order valence-corrected chi connectivity index (χ2v) is 4.90. The summed E-state index contributed by atoms with van der Waals surface area (Å²) >= 11 is 1.54. The van der Waals surface area contributed by atoms with Gasteiger partial charge in [-0.25, -0.2) is 9.69 Å². The highest BCUT2D eigenvalue weighted by molar-refractivity contribution is 8.00. The number of urea groups is 1. The second-order valence-electron chi connectivity index (χ2n) is 3.71. The van der Waals surface area contributed by atoms with Gasteiger partial charge in [-0.15, -0.1) is 11.8 Å². The van der Waals surface area contributed by atoms with Gasteiger partial charge in [-0.3, -0.25) is 4.79 Å². The van der Waals surface area contributed by atoms with Gasteiger partial charge in [0.15, 0.2) is 5.37 Å². The van der Waals surface area contributed by atoms with Crippen LogP contribution in [0.2, 0.25) is 0 Å². The molecule has 82 valence electrons. The Bertz CT molecular complexity index is 427. The number of amides is 3. The van der Waals surface area contributed by atoms with Crippen LogP contribution in [0.3, 0.4) is 0 Å². The third-order valence-electron chi connectivity index (χ3n) is 2.77. The fourth-order valence-electron chi connectivity index (χ4n) is 2.02. The fraction of sp³-hybridized carbons (Fsp3) is 0.273. The number of para-hydroxylation sites is 1. The van der Waals surface area contributed by atoms with E-state index in [0.29, 0.717) is 12.2 Å². The van der Waals surface area contributed by atoms with E-state index in [1.807, 2.05) is 18.2 Å². The van der Waals surface area contributed by atoms with Crippen LogP contribution in [-0.2, 0) is 4.79 Å². The zero-order valence-electron chi connectivity index (χ0n) is 8.50. The van der Waals surface area contributed by atoms with Gasteiger partial charge in [0.05, 0.1) is 5.69 Å². The van der Waals surface area contributed by atoms with Crippen LogP contribution < -0.4 is 4.90 Å². The molecule has 1 unspecified atom stereocenters. The van der Waals surface area contributed by atoms with Crippen molar-refractivity contribution in [3.63, 3.8) is 0 Å². The minimum absolute atomic E-state index is 0.112. The SMILES string of the molecule is O=C1C2SCCN2C(=O)N1c1ccccc1. The Balaban J connectivity index is 1.98. The van der Waals surface area contributed by atoms with Crippen molar-refractivity contribution in [3.8, 4) is 0 Å². The summed E-state index contributed by atoms with van der Waals surface area (Å²) in [6.07, 6.45) is 0. The molecule has 0 aromatic heterocycles. The van der Waals surface area contributed by atoms with E-state index in [2.05, 4.69) is 0 Å². The normalized spacial score (nSPS) is 24.1. The second kappa shape index (κ2) is 3.52. The van der Waals surface area contributed by atoms with Crippen LogP contribution >= 0.6 is 11.8 Å². The maximum Gasteiger partial charge on any atom is 0.332 e. The first kappa shape index (κ1) is 9.72. The lowest BCUT2D eigenvalue weighted by molar-refractivity contribution is -0.117. The molecule has 0 bridgehead atoms. The van der Waals surface area contributed by atoms with Crippen LogP contribution in [0.15, 0.2) is 30.3 Å². The minimum Gasteiger partial charge on any atom is -0.302 e. The number of nitrogens with zero attached hydrogens (tertiary/aromatic N) is 2. The van der Waals surface area contributed by atoms with Crippen LogP contribution in [0.1, 0.15) is 0 Å². The highest BCUT2D eigenvalue weighted by Crippen LogP contribution is 2.34. The molecule has 4 nitrogen and oxygen atoms in total. The van der Waals surface area contributed by atoms with Crippen molar-refractivity contribution >= 4 is 29.4 Å². The predicted octanol–water partition coefficient (Wildman–Crippen LogP) is 1.53. The third-order valence-corrected chi connectivity index (χ3v) is 3.96. The number of hydrogen-bond donors (Lipinski definition) is 0. The molecule has 2 aliphatic rings. The molecule has 0 spiro atoms. The number of imide groups is 1. The summed E-state index contributed by atoms with van der Waals surface area (Å²) in [6.45, 7) is 0.670. The highest BCUT2D eigenvalue weighted by atomic mass is 32.2. The van der Waals surface area contributed by atoms with E-state index in [1.165, 1.54) is 16.7 Å². The van der Waals surface area contributed by atoms with Gasteiger partial charge in [0.1, 0.15) is 0 Å². The molecule has 2 heterocycles. The van der Waals surface area contributed by atoms with Crippen molar-refractivity contribution in [2.24, 2.45) is 0 Å². The van der Waals surface area contributed by atoms with E-state index < -0.39 is 0 Å². The lowest BCUT2D eigenvalue weighted by Gasteiger charge is -2.14. The average Bonchev–Trinajstić information content (AvgIpc) is 2.86. The summed E-state index contributed by atoms with van der Waals surface area (Å²) < 4.78 is 0. The number of rotatable bonds is 1. The highest BCUT2D eigenvalue weighted by Gasteiger charge is 2.48. The van der Waals surface area contributed by atoms with Crippen molar-refractivity contribution in [1.82, 2.24) is 4.90 Å². The average molecular weight is 234 g/mol. The van der Waals surface area contributed by atoms with Crippen molar-refractivity contribution in [3.05, 3.63) is 30.3 Å². The monoisotopic (exact) mass is 234 g/mol. The molecule has 16 heavy (non-hydrogen) atoms. The van der Waals surface area contributed by atoms with Crippen LogP contribution in [-0.4, -0.2) is 34.5 Å². The van der Waals surface area contributed by atoms with Gasteiger partial charge in [-0.05, 0) is 12.1 Å². The molecule has 2 aliphatic heterocycles. The first-order valence-corrected chi connectivity index (χ1v) is 6.15. The fourth-order valence-corrected chi connectivity index (χ4v) is 3.17. The van der Waals surface area contributed by atoms with Crippen molar-refractivity contribution < 1.29 is 9.59 Å². The van der Waals surface area contributed by atoms with E-state index >= 15 is 0 Å². The van der Waals surface area contributed by atoms with Crippen molar-refractivity contribution in [1.29, 1.82) is 0 Å². The summed E-state index contributed by atoms with van der Waals surface area (Å²) in [5.41, 5.74) is 0.660. The van der Waals surface area contributed by atoms with Crippen LogP contribution in [0.5, 0.6) is 0 Å². The van der Waals surface area contributed by atoms with Crippen molar-refractivity contribution in [2.75, 3.05) is 17.2 Å². The van der Waals surface area contributed by atoms with Gasteiger partial charge in [-0.2, -0.15) is 0 Å². The number of thioether (sulfide) groups is 1. The van der Waals surface area contributed by atoms with Crippen LogP contribution in [0.4, 0.5) is 10.5 Å². The van der Waals surface area contributed by atoms with E-state index in [4.69, 9.17) is 0 Å². The Labute approximate surface area is 97.2 Å². The number of benzene rings is 1. The summed E-state index contributed by atoms with van der Waals surface area (Å²) in [5, 5.41) is -0.298. The van der Waals surface area contributed by atoms with Gasteiger partial charge in [-0.1, -0.05) is 18.2 Å². The minimum atomic E-state index is -0.298. The maximum atomic E-state index is 12.0. The molecule has 1 atom stereocenters. The lowest BCUT2D eigenvalue weighted by atomic mass is 10.3. The molecule has 0 aliphatic carbocycles. The number of carbonyl (C=O) groups excluding carboxylic acids is 2. The van der Waals surface area contributed by atoms with Gasteiger partial charge < -0.3 is 4.90 Å². The van der Waals surface area contributed by atoms with Crippen LogP contribution in [0, 0.1) is 0 Å². The Morgan fingerprint density at radius 2 is 1.94 bits per heavy atom. The zero-order chi connectivity index (χ0) is 11.1. The Morgan fingerprint density at radius 1 is 1.19 bits per heavy atom. The molecule has 3 rings (SSSR count). The quantitative estimate of drug-likeness (QED) is 0.692. The Kier molecular flexibility index (Phi) is 2.14. The molecule has 1 aromatic carbocycles. The summed E-state index contributed by atoms with van der Waals surface area (Å²) in [6, 6.07) is 8.89. The zero-order valence-corrected chi connectivity index (χ0v) is 9.31. The molecule has 0 N–H and O–H groups in total. The summed E-state index contributed by atoms with van der Waals surface area (Å²) in [5.74, 6) is 0.740. The Morgan fingerprint density at radius 3 is 2.62 bits per heavy atom. The number of hydrogen-bond acceptors (Lipinski definition) is 3. The smallest absolute Gasteiger partial charge is 0.302 e. The van der Waals surface area contributed by atoms with Gasteiger partial charge in [0, 0.05) is 12.3 Å². The first-order chi connectivity index (χ1) is 7.79. The molecule has 3 amide bonds. The van der Waals surface area contributed by atoms with E-state index in [-0.39, 0.29) is 17.3 Å². The number of fused-ring (bicyclic) bond motifs is 1. The predicted molar refractivity (Wildman–Crippen MR) is 62.3 cm³/mol. The molecule has 2 fully saturated rings. The first-order valence-electron chi connectivity index (χ1n) is 5.10. The third kappa shape index (κ3) is 1.24. The molecule has 0 saturated carbocycles. The molecule has 2 saturated heterocycles.